The summed E-state index contributed by atoms with van der Waals surface area (Å²) in [7, 11) is 0. The third-order valence-electron chi connectivity index (χ3n) is 2.47. The molecule has 0 fully saturated rings. The predicted octanol–water partition coefficient (Wildman–Crippen LogP) is 2.50. The van der Waals surface area contributed by atoms with Crippen molar-refractivity contribution in [2.24, 2.45) is 0 Å². The number of halogens is 2. The van der Waals surface area contributed by atoms with E-state index in [1.54, 1.807) is 0 Å². The van der Waals surface area contributed by atoms with Gasteiger partial charge in [0.25, 0.3) is 5.91 Å². The van der Waals surface area contributed by atoms with Crippen molar-refractivity contribution in [2.45, 2.75) is 0 Å². The number of amides is 1. The van der Waals surface area contributed by atoms with Gasteiger partial charge in [-0.15, -0.1) is 0 Å². The number of hydrogen-bond donors (Lipinski definition) is 3. The van der Waals surface area contributed by atoms with Gasteiger partial charge in [-0.1, -0.05) is 0 Å². The number of rotatable bonds is 2. The summed E-state index contributed by atoms with van der Waals surface area (Å²) in [6.45, 7) is 0. The molecular formula is C13H10F2N2O2. The molecule has 0 atom stereocenters. The van der Waals surface area contributed by atoms with E-state index >= 15 is 0 Å². The molecule has 0 radical (unpaired) electrons. The molecule has 0 bridgehead atoms. The molecule has 0 heterocycles. The third-order valence-corrected chi connectivity index (χ3v) is 2.47. The maximum Gasteiger partial charge on any atom is 0.255 e. The van der Waals surface area contributed by atoms with E-state index in [1.807, 2.05) is 0 Å². The van der Waals surface area contributed by atoms with Crippen LogP contribution in [0.15, 0.2) is 36.4 Å². The molecule has 6 heteroatoms. The highest BCUT2D eigenvalue weighted by Gasteiger charge is 2.11. The van der Waals surface area contributed by atoms with Crippen molar-refractivity contribution in [2.75, 3.05) is 11.1 Å². The molecule has 4 nitrogen and oxygen atoms in total. The summed E-state index contributed by atoms with van der Waals surface area (Å²) < 4.78 is 25.7. The van der Waals surface area contributed by atoms with E-state index in [4.69, 9.17) is 5.73 Å². The van der Waals surface area contributed by atoms with Gasteiger partial charge in [0.05, 0.1) is 11.4 Å². The van der Waals surface area contributed by atoms with Crippen LogP contribution in [0.25, 0.3) is 0 Å². The summed E-state index contributed by atoms with van der Waals surface area (Å²) in [4.78, 5) is 11.8. The Morgan fingerprint density at radius 3 is 2.47 bits per heavy atom. The van der Waals surface area contributed by atoms with Gasteiger partial charge in [0.2, 0.25) is 0 Å². The summed E-state index contributed by atoms with van der Waals surface area (Å²) in [6.07, 6.45) is 0. The van der Waals surface area contributed by atoms with Crippen LogP contribution in [0.4, 0.5) is 20.2 Å². The fourth-order valence-corrected chi connectivity index (χ4v) is 1.50. The summed E-state index contributed by atoms with van der Waals surface area (Å²) in [5.41, 5.74) is 5.99. The monoisotopic (exact) mass is 264 g/mol. The van der Waals surface area contributed by atoms with Crippen LogP contribution in [0.5, 0.6) is 5.75 Å². The van der Waals surface area contributed by atoms with Gasteiger partial charge in [0.1, 0.15) is 5.75 Å². The topological polar surface area (TPSA) is 75.3 Å². The molecule has 2 rings (SSSR count). The number of benzene rings is 2. The van der Waals surface area contributed by atoms with Crippen LogP contribution >= 0.6 is 0 Å². The first kappa shape index (κ1) is 12.8. The van der Waals surface area contributed by atoms with Crippen molar-refractivity contribution in [1.82, 2.24) is 0 Å². The van der Waals surface area contributed by atoms with Crippen molar-refractivity contribution >= 4 is 17.3 Å². The zero-order valence-corrected chi connectivity index (χ0v) is 9.65. The zero-order valence-electron chi connectivity index (χ0n) is 9.65. The van der Waals surface area contributed by atoms with Crippen molar-refractivity contribution < 1.29 is 18.7 Å². The van der Waals surface area contributed by atoms with Crippen LogP contribution in [-0.4, -0.2) is 11.0 Å². The number of anilines is 2. The van der Waals surface area contributed by atoms with Crippen LogP contribution in [0, 0.1) is 11.6 Å². The number of carbonyl (C=O) groups excluding carboxylic acids is 1. The van der Waals surface area contributed by atoms with Crippen LogP contribution in [-0.2, 0) is 0 Å². The average molecular weight is 264 g/mol. The molecule has 2 aromatic carbocycles. The van der Waals surface area contributed by atoms with E-state index in [-0.39, 0.29) is 22.7 Å². The van der Waals surface area contributed by atoms with E-state index < -0.39 is 17.5 Å². The van der Waals surface area contributed by atoms with Gasteiger partial charge in [-0.3, -0.25) is 4.79 Å². The molecule has 0 unspecified atom stereocenters. The summed E-state index contributed by atoms with van der Waals surface area (Å²) in [6, 6.07) is 6.83. The first-order valence-corrected chi connectivity index (χ1v) is 5.32. The summed E-state index contributed by atoms with van der Waals surface area (Å²) in [5, 5.41) is 11.6. The van der Waals surface area contributed by atoms with Crippen LogP contribution in [0.1, 0.15) is 10.4 Å². The minimum atomic E-state index is -1.11. The molecule has 0 aliphatic rings. The minimum Gasteiger partial charge on any atom is -0.508 e. The van der Waals surface area contributed by atoms with Gasteiger partial charge in [-0.05, 0) is 30.3 Å². The molecule has 0 saturated carbocycles. The van der Waals surface area contributed by atoms with Crippen LogP contribution in [0.2, 0.25) is 0 Å². The van der Waals surface area contributed by atoms with E-state index in [1.165, 1.54) is 18.2 Å². The number of carbonyl (C=O) groups is 1. The second-order valence-corrected chi connectivity index (χ2v) is 3.85. The van der Waals surface area contributed by atoms with Crippen LogP contribution in [0.3, 0.4) is 0 Å². The molecule has 1 amide bonds. The Hall–Kier alpha value is -2.63. The molecule has 98 valence electrons. The Bertz CT molecular complexity index is 645. The van der Waals surface area contributed by atoms with E-state index in [9.17, 15) is 18.7 Å². The fourth-order valence-electron chi connectivity index (χ4n) is 1.50. The quantitative estimate of drug-likeness (QED) is 0.576. The van der Waals surface area contributed by atoms with Crippen molar-refractivity contribution in [3.05, 3.63) is 53.6 Å². The summed E-state index contributed by atoms with van der Waals surface area (Å²) >= 11 is 0. The Labute approximate surface area is 107 Å². The van der Waals surface area contributed by atoms with E-state index in [0.717, 1.165) is 18.2 Å². The normalized spacial score (nSPS) is 10.2. The predicted molar refractivity (Wildman–Crippen MR) is 66.8 cm³/mol. The van der Waals surface area contributed by atoms with Crippen molar-refractivity contribution in [1.29, 1.82) is 0 Å². The zero-order chi connectivity index (χ0) is 14.0. The molecular weight excluding hydrogens is 254 g/mol. The Kier molecular flexibility index (Phi) is 3.33. The second kappa shape index (κ2) is 4.93. The molecule has 0 spiro atoms. The number of hydrogen-bond acceptors (Lipinski definition) is 3. The molecule has 4 N–H and O–H groups in total. The van der Waals surface area contributed by atoms with Crippen LogP contribution < -0.4 is 11.1 Å². The molecule has 19 heavy (non-hydrogen) atoms. The van der Waals surface area contributed by atoms with Gasteiger partial charge in [-0.2, -0.15) is 0 Å². The van der Waals surface area contributed by atoms with Crippen molar-refractivity contribution in [3.63, 3.8) is 0 Å². The maximum absolute atomic E-state index is 13.0. The van der Waals surface area contributed by atoms with E-state index in [0.29, 0.717) is 0 Å². The third kappa shape index (κ3) is 2.79. The standard InChI is InChI=1S/C13H10F2N2O2/c14-9-3-1-7(5-10(9)15)13(19)17-12-4-2-8(18)6-11(12)16/h1-6,18H,16H2,(H,17,19). The second-order valence-electron chi connectivity index (χ2n) is 3.85. The minimum absolute atomic E-state index is 0.0358. The Morgan fingerprint density at radius 1 is 1.11 bits per heavy atom. The Balaban J connectivity index is 2.23. The lowest BCUT2D eigenvalue weighted by Crippen LogP contribution is -2.13. The van der Waals surface area contributed by atoms with Gasteiger partial charge < -0.3 is 16.2 Å². The molecule has 0 aliphatic carbocycles. The average Bonchev–Trinajstić information content (AvgIpc) is 2.36. The SMILES string of the molecule is Nc1cc(O)ccc1NC(=O)c1ccc(F)c(F)c1. The molecule has 2 aromatic rings. The van der Waals surface area contributed by atoms with E-state index in [2.05, 4.69) is 5.32 Å². The van der Waals surface area contributed by atoms with Gasteiger partial charge in [0, 0.05) is 11.6 Å². The summed E-state index contributed by atoms with van der Waals surface area (Å²) in [5.74, 6) is -2.80. The number of aromatic hydroxyl groups is 1. The van der Waals surface area contributed by atoms with Crippen molar-refractivity contribution in [3.8, 4) is 5.75 Å². The van der Waals surface area contributed by atoms with Gasteiger partial charge in [0.15, 0.2) is 11.6 Å². The molecule has 0 aliphatic heterocycles. The highest BCUT2D eigenvalue weighted by molar-refractivity contribution is 6.05. The first-order valence-electron chi connectivity index (χ1n) is 5.32. The van der Waals surface area contributed by atoms with Gasteiger partial charge in [-0.25, -0.2) is 8.78 Å². The number of nitrogen functional groups attached to an aromatic ring is 1. The van der Waals surface area contributed by atoms with Gasteiger partial charge >= 0.3 is 0 Å². The lowest BCUT2D eigenvalue weighted by atomic mass is 10.2. The highest BCUT2D eigenvalue weighted by Crippen LogP contribution is 2.23. The number of phenolic OH excluding ortho intramolecular Hbond substituents is 1. The molecule has 0 saturated heterocycles. The number of nitrogens with one attached hydrogen (secondary N) is 1. The smallest absolute Gasteiger partial charge is 0.255 e. The molecule has 0 aromatic heterocycles. The number of phenols is 1. The fraction of sp³-hybridized carbons (Fsp3) is 0. The Morgan fingerprint density at radius 2 is 1.84 bits per heavy atom. The lowest BCUT2D eigenvalue weighted by Gasteiger charge is -2.08. The highest BCUT2D eigenvalue weighted by atomic mass is 19.2. The largest absolute Gasteiger partial charge is 0.508 e. The maximum atomic E-state index is 13.0. The lowest BCUT2D eigenvalue weighted by molar-refractivity contribution is 0.102. The number of nitrogens with two attached hydrogens (primary N) is 1. The first-order chi connectivity index (χ1) is 8.97.